The number of carbonyl (C=O) groups excluding carboxylic acids is 1. The number of thiazole rings is 1. The zero-order valence-electron chi connectivity index (χ0n) is 8.52. The van der Waals surface area contributed by atoms with Crippen molar-refractivity contribution in [3.05, 3.63) is 16.1 Å². The number of hydrogen-bond acceptors (Lipinski definition) is 6. The van der Waals surface area contributed by atoms with Crippen LogP contribution in [0.5, 0.6) is 0 Å². The van der Waals surface area contributed by atoms with E-state index in [1.807, 2.05) is 12.3 Å². The molecular weight excluding hydrogens is 216 g/mol. The predicted octanol–water partition coefficient (Wildman–Crippen LogP) is 0.612. The first-order valence-electron chi connectivity index (χ1n) is 4.59. The second-order valence-corrected chi connectivity index (χ2v) is 4.29. The fraction of sp³-hybridized carbons (Fsp3) is 0.556. The maximum atomic E-state index is 11.2. The van der Waals surface area contributed by atoms with Crippen molar-refractivity contribution in [1.82, 2.24) is 10.3 Å². The third-order valence-corrected chi connectivity index (χ3v) is 2.96. The minimum atomic E-state index is -0.665. The molecule has 6 heteroatoms. The van der Waals surface area contributed by atoms with Crippen molar-refractivity contribution in [1.29, 1.82) is 0 Å². The average Bonchev–Trinajstić information content (AvgIpc) is 2.84. The lowest BCUT2D eigenvalue weighted by Crippen LogP contribution is -2.32. The number of esters is 1. The van der Waals surface area contributed by atoms with E-state index in [1.165, 1.54) is 7.11 Å². The predicted molar refractivity (Wildman–Crippen MR) is 54.5 cm³/mol. The molecule has 5 nitrogen and oxygen atoms in total. The van der Waals surface area contributed by atoms with Crippen molar-refractivity contribution in [2.24, 2.45) is 0 Å². The van der Waals surface area contributed by atoms with Crippen LogP contribution in [0.15, 0.2) is 5.38 Å². The third kappa shape index (κ3) is 2.17. The Hall–Kier alpha value is -0.980. The molecule has 1 aliphatic heterocycles. The van der Waals surface area contributed by atoms with Gasteiger partial charge in [0.25, 0.3) is 0 Å². The molecule has 0 aromatic carbocycles. The number of aromatic nitrogens is 1. The largest absolute Gasteiger partial charge is 0.466 e. The highest BCUT2D eigenvalue weighted by Gasteiger charge is 2.32. The Morgan fingerprint density at radius 3 is 3.20 bits per heavy atom. The lowest BCUT2D eigenvalue weighted by Gasteiger charge is -2.08. The van der Waals surface area contributed by atoms with Gasteiger partial charge in [-0.05, 0) is 6.92 Å². The smallest absolute Gasteiger partial charge is 0.350 e. The van der Waals surface area contributed by atoms with Crippen molar-refractivity contribution >= 4 is 17.3 Å². The van der Waals surface area contributed by atoms with Gasteiger partial charge in [-0.15, -0.1) is 11.3 Å². The molecule has 2 unspecified atom stereocenters. The summed E-state index contributed by atoms with van der Waals surface area (Å²) in [6, 6.07) is 0. The summed E-state index contributed by atoms with van der Waals surface area (Å²) in [6.07, 6.45) is -0.818. The zero-order valence-corrected chi connectivity index (χ0v) is 9.34. The molecule has 0 saturated carbocycles. The number of nitrogens with zero attached hydrogens (tertiary/aromatic N) is 1. The molecule has 1 N–H and O–H groups in total. The van der Waals surface area contributed by atoms with Gasteiger partial charge in [0.1, 0.15) is 6.10 Å². The molecule has 1 fully saturated rings. The summed E-state index contributed by atoms with van der Waals surface area (Å²) in [5.41, 5.74) is 0.872. The van der Waals surface area contributed by atoms with Gasteiger partial charge in [0.15, 0.2) is 0 Å². The molecule has 0 amide bonds. The minimum Gasteiger partial charge on any atom is -0.466 e. The van der Waals surface area contributed by atoms with Crippen molar-refractivity contribution in [3.8, 4) is 0 Å². The average molecular weight is 228 g/mol. The van der Waals surface area contributed by atoms with Crippen LogP contribution in [0.1, 0.15) is 16.8 Å². The molecule has 82 valence electrons. The van der Waals surface area contributed by atoms with Crippen molar-refractivity contribution in [2.75, 3.05) is 13.7 Å². The summed E-state index contributed by atoms with van der Waals surface area (Å²) in [5.74, 6) is -0.399. The Morgan fingerprint density at radius 1 is 1.80 bits per heavy atom. The molecule has 0 bridgehead atoms. The molecule has 15 heavy (non-hydrogen) atoms. The first-order chi connectivity index (χ1) is 7.20. The van der Waals surface area contributed by atoms with Crippen molar-refractivity contribution in [3.63, 3.8) is 0 Å². The second-order valence-electron chi connectivity index (χ2n) is 3.23. The van der Waals surface area contributed by atoms with Gasteiger partial charge in [0.2, 0.25) is 6.23 Å². The Labute approximate surface area is 91.4 Å². The highest BCUT2D eigenvalue weighted by Crippen LogP contribution is 2.24. The van der Waals surface area contributed by atoms with E-state index in [9.17, 15) is 4.79 Å². The highest BCUT2D eigenvalue weighted by atomic mass is 32.1. The third-order valence-electron chi connectivity index (χ3n) is 2.17. The Kier molecular flexibility index (Phi) is 2.99. The van der Waals surface area contributed by atoms with Crippen molar-refractivity contribution < 1.29 is 14.3 Å². The van der Waals surface area contributed by atoms with E-state index in [-0.39, 0.29) is 6.10 Å². The molecule has 2 atom stereocenters. The van der Waals surface area contributed by atoms with Crippen LogP contribution in [0.4, 0.5) is 0 Å². The monoisotopic (exact) mass is 228 g/mol. The molecule has 0 spiro atoms. The van der Waals surface area contributed by atoms with Gasteiger partial charge in [-0.2, -0.15) is 0 Å². The summed E-state index contributed by atoms with van der Waals surface area (Å²) < 4.78 is 10.1. The first-order valence-corrected chi connectivity index (χ1v) is 5.47. The summed E-state index contributed by atoms with van der Waals surface area (Å²) in [6.45, 7) is 2.53. The van der Waals surface area contributed by atoms with E-state index in [1.54, 1.807) is 11.3 Å². The Balaban J connectivity index is 2.01. The van der Waals surface area contributed by atoms with Gasteiger partial charge in [-0.1, -0.05) is 0 Å². The van der Waals surface area contributed by atoms with E-state index >= 15 is 0 Å². The topological polar surface area (TPSA) is 60.5 Å². The maximum absolute atomic E-state index is 11.2. The standard InChI is InChI=1S/C9H12N2O3S/c1-5-11-6(4-15-5)7-3-10-8(14-7)9(12)13-2/h4,7-8,10H,3H2,1-2H3. The van der Waals surface area contributed by atoms with Crippen LogP contribution >= 0.6 is 11.3 Å². The van der Waals surface area contributed by atoms with Gasteiger partial charge < -0.3 is 9.47 Å². The van der Waals surface area contributed by atoms with Gasteiger partial charge in [0.05, 0.1) is 17.8 Å². The second kappa shape index (κ2) is 4.26. The van der Waals surface area contributed by atoms with Crippen LogP contribution in [0, 0.1) is 6.92 Å². The van der Waals surface area contributed by atoms with E-state index in [0.29, 0.717) is 6.54 Å². The van der Waals surface area contributed by atoms with Gasteiger partial charge in [-0.3, -0.25) is 5.32 Å². The van der Waals surface area contributed by atoms with Crippen LogP contribution in [0.3, 0.4) is 0 Å². The zero-order chi connectivity index (χ0) is 10.8. The van der Waals surface area contributed by atoms with Gasteiger partial charge in [0, 0.05) is 11.9 Å². The summed E-state index contributed by atoms with van der Waals surface area (Å²) in [7, 11) is 1.34. The Bertz CT molecular complexity index is 366. The molecule has 2 rings (SSSR count). The number of nitrogens with one attached hydrogen (secondary N) is 1. The number of carbonyl (C=O) groups is 1. The molecule has 2 heterocycles. The molecule has 1 aromatic heterocycles. The number of aryl methyl sites for hydroxylation is 1. The summed E-state index contributed by atoms with van der Waals surface area (Å²) >= 11 is 1.57. The molecule has 0 aliphatic carbocycles. The van der Waals surface area contributed by atoms with Crippen molar-refractivity contribution in [2.45, 2.75) is 19.3 Å². The van der Waals surface area contributed by atoms with Crippen LogP contribution in [0.2, 0.25) is 0 Å². The molecule has 1 aromatic rings. The van der Waals surface area contributed by atoms with Crippen LogP contribution in [-0.2, 0) is 14.3 Å². The summed E-state index contributed by atoms with van der Waals surface area (Å²) in [4.78, 5) is 15.5. The highest BCUT2D eigenvalue weighted by molar-refractivity contribution is 7.09. The molecule has 1 saturated heterocycles. The quantitative estimate of drug-likeness (QED) is 0.752. The van der Waals surface area contributed by atoms with E-state index < -0.39 is 12.2 Å². The fourth-order valence-electron chi connectivity index (χ4n) is 1.42. The first kappa shape index (κ1) is 10.5. The SMILES string of the molecule is COC(=O)C1NCC(c2csc(C)n2)O1. The lowest BCUT2D eigenvalue weighted by molar-refractivity contribution is -0.154. The van der Waals surface area contributed by atoms with Crippen LogP contribution in [-0.4, -0.2) is 30.8 Å². The summed E-state index contributed by atoms with van der Waals surface area (Å²) in [5, 5.41) is 5.87. The number of ether oxygens (including phenoxy) is 2. The lowest BCUT2D eigenvalue weighted by atomic mass is 10.3. The normalized spacial score (nSPS) is 25.5. The van der Waals surface area contributed by atoms with Crippen LogP contribution < -0.4 is 5.32 Å². The van der Waals surface area contributed by atoms with Crippen LogP contribution in [0.25, 0.3) is 0 Å². The number of hydrogen-bond donors (Lipinski definition) is 1. The molecule has 1 aliphatic rings. The van der Waals surface area contributed by atoms with E-state index in [0.717, 1.165) is 10.7 Å². The maximum Gasteiger partial charge on any atom is 0.350 e. The Morgan fingerprint density at radius 2 is 2.60 bits per heavy atom. The van der Waals surface area contributed by atoms with E-state index in [2.05, 4.69) is 15.0 Å². The minimum absolute atomic E-state index is 0.154. The number of rotatable bonds is 2. The molecular formula is C9H12N2O3S. The fourth-order valence-corrected chi connectivity index (χ4v) is 2.08. The molecule has 0 radical (unpaired) electrons. The number of methoxy groups -OCH3 is 1. The van der Waals surface area contributed by atoms with Gasteiger partial charge in [-0.25, -0.2) is 9.78 Å². The van der Waals surface area contributed by atoms with E-state index in [4.69, 9.17) is 4.74 Å². The van der Waals surface area contributed by atoms with Gasteiger partial charge >= 0.3 is 5.97 Å².